The predicted molar refractivity (Wildman–Crippen MR) is 71.8 cm³/mol. The van der Waals surface area contributed by atoms with Crippen molar-refractivity contribution >= 4 is 6.08 Å². The van der Waals surface area contributed by atoms with Crippen LogP contribution in [0.15, 0.2) is 46.6 Å². The fourth-order valence-electron chi connectivity index (χ4n) is 1.67. The molecule has 2 heterocycles. The SMILES string of the molecule is CC(C)C(=Cc1ccc(-c2cccnc2)o1)CO. The molecular formula is C15H17NO2. The van der Waals surface area contributed by atoms with E-state index in [0.717, 1.165) is 22.7 Å². The second-order valence-electron chi connectivity index (χ2n) is 4.48. The molecule has 0 fully saturated rings. The highest BCUT2D eigenvalue weighted by molar-refractivity contribution is 5.59. The number of aliphatic hydroxyl groups excluding tert-OH is 1. The van der Waals surface area contributed by atoms with E-state index in [1.807, 2.05) is 44.2 Å². The molecule has 2 rings (SSSR count). The van der Waals surface area contributed by atoms with Crippen LogP contribution in [-0.4, -0.2) is 16.7 Å². The lowest BCUT2D eigenvalue weighted by atomic mass is 10.0. The van der Waals surface area contributed by atoms with Crippen molar-refractivity contribution in [1.82, 2.24) is 4.98 Å². The van der Waals surface area contributed by atoms with Crippen LogP contribution >= 0.6 is 0 Å². The highest BCUT2D eigenvalue weighted by atomic mass is 16.3. The monoisotopic (exact) mass is 243 g/mol. The molecule has 94 valence electrons. The van der Waals surface area contributed by atoms with Crippen molar-refractivity contribution in [2.24, 2.45) is 5.92 Å². The van der Waals surface area contributed by atoms with Gasteiger partial charge in [-0.15, -0.1) is 0 Å². The predicted octanol–water partition coefficient (Wildman–Crippen LogP) is 3.37. The molecule has 1 N–H and O–H groups in total. The first-order valence-electron chi connectivity index (χ1n) is 6.02. The molecule has 0 bridgehead atoms. The maximum Gasteiger partial charge on any atom is 0.136 e. The number of furan rings is 1. The van der Waals surface area contributed by atoms with Gasteiger partial charge < -0.3 is 9.52 Å². The van der Waals surface area contributed by atoms with E-state index in [1.54, 1.807) is 12.4 Å². The van der Waals surface area contributed by atoms with Crippen molar-refractivity contribution in [2.75, 3.05) is 6.61 Å². The number of aliphatic hydroxyl groups is 1. The smallest absolute Gasteiger partial charge is 0.136 e. The first-order valence-corrected chi connectivity index (χ1v) is 6.02. The van der Waals surface area contributed by atoms with Gasteiger partial charge in [0.05, 0.1) is 6.61 Å². The first-order chi connectivity index (χ1) is 8.70. The molecule has 2 aromatic heterocycles. The molecule has 2 aromatic rings. The van der Waals surface area contributed by atoms with Gasteiger partial charge in [-0.2, -0.15) is 0 Å². The van der Waals surface area contributed by atoms with Gasteiger partial charge in [0.1, 0.15) is 11.5 Å². The molecule has 0 aliphatic heterocycles. The fourth-order valence-corrected chi connectivity index (χ4v) is 1.67. The van der Waals surface area contributed by atoms with Gasteiger partial charge in [0, 0.05) is 18.0 Å². The molecule has 0 aromatic carbocycles. The van der Waals surface area contributed by atoms with Gasteiger partial charge in [0.2, 0.25) is 0 Å². The van der Waals surface area contributed by atoms with E-state index < -0.39 is 0 Å². The molecular weight excluding hydrogens is 226 g/mol. The summed E-state index contributed by atoms with van der Waals surface area (Å²) in [5.41, 5.74) is 1.91. The molecule has 0 atom stereocenters. The Morgan fingerprint density at radius 3 is 2.83 bits per heavy atom. The van der Waals surface area contributed by atoms with Crippen LogP contribution in [0.2, 0.25) is 0 Å². The van der Waals surface area contributed by atoms with Gasteiger partial charge in [-0.05, 0) is 41.8 Å². The molecule has 0 amide bonds. The largest absolute Gasteiger partial charge is 0.457 e. The molecule has 0 saturated heterocycles. The minimum Gasteiger partial charge on any atom is -0.457 e. The Labute approximate surface area is 107 Å². The zero-order chi connectivity index (χ0) is 13.0. The van der Waals surface area contributed by atoms with E-state index in [0.29, 0.717) is 5.92 Å². The van der Waals surface area contributed by atoms with Gasteiger partial charge in [-0.25, -0.2) is 0 Å². The average Bonchev–Trinajstić information content (AvgIpc) is 2.85. The summed E-state index contributed by atoms with van der Waals surface area (Å²) in [6.07, 6.45) is 5.39. The van der Waals surface area contributed by atoms with Gasteiger partial charge in [-0.1, -0.05) is 13.8 Å². The third-order valence-corrected chi connectivity index (χ3v) is 2.82. The summed E-state index contributed by atoms with van der Waals surface area (Å²) in [4.78, 5) is 4.06. The standard InChI is InChI=1S/C15H17NO2/c1-11(2)13(10-17)8-14-5-6-15(18-14)12-4-3-7-16-9-12/h3-9,11,17H,10H2,1-2H3. The normalized spacial score (nSPS) is 12.1. The van der Waals surface area contributed by atoms with Crippen LogP contribution < -0.4 is 0 Å². The molecule has 0 aliphatic carbocycles. The molecule has 3 heteroatoms. The summed E-state index contributed by atoms with van der Waals surface area (Å²) in [6.45, 7) is 4.15. The highest BCUT2D eigenvalue weighted by Gasteiger charge is 2.06. The van der Waals surface area contributed by atoms with Crippen molar-refractivity contribution in [1.29, 1.82) is 0 Å². The van der Waals surface area contributed by atoms with Crippen LogP contribution in [0.5, 0.6) is 0 Å². The number of hydrogen-bond acceptors (Lipinski definition) is 3. The Balaban J connectivity index is 2.26. The van der Waals surface area contributed by atoms with Crippen LogP contribution in [0, 0.1) is 5.92 Å². The van der Waals surface area contributed by atoms with Crippen LogP contribution in [0.1, 0.15) is 19.6 Å². The molecule has 0 aliphatic rings. The van der Waals surface area contributed by atoms with E-state index in [4.69, 9.17) is 4.42 Å². The molecule has 0 spiro atoms. The summed E-state index contributed by atoms with van der Waals surface area (Å²) < 4.78 is 5.72. The van der Waals surface area contributed by atoms with Crippen molar-refractivity contribution in [3.63, 3.8) is 0 Å². The lowest BCUT2D eigenvalue weighted by Gasteiger charge is -2.06. The molecule has 0 saturated carbocycles. The maximum absolute atomic E-state index is 9.26. The Kier molecular flexibility index (Phi) is 3.95. The molecule has 18 heavy (non-hydrogen) atoms. The van der Waals surface area contributed by atoms with E-state index in [1.165, 1.54) is 0 Å². The lowest BCUT2D eigenvalue weighted by molar-refractivity contribution is 0.320. The third kappa shape index (κ3) is 2.87. The van der Waals surface area contributed by atoms with Crippen LogP contribution in [0.4, 0.5) is 0 Å². The minimum atomic E-state index is 0.0561. The zero-order valence-corrected chi connectivity index (χ0v) is 10.6. The van der Waals surface area contributed by atoms with Crippen molar-refractivity contribution in [2.45, 2.75) is 13.8 Å². The van der Waals surface area contributed by atoms with Crippen molar-refractivity contribution in [3.05, 3.63) is 48.0 Å². The Hall–Kier alpha value is -1.87. The molecule has 3 nitrogen and oxygen atoms in total. The fraction of sp³-hybridized carbons (Fsp3) is 0.267. The number of rotatable bonds is 4. The lowest BCUT2D eigenvalue weighted by Crippen LogP contribution is -1.98. The van der Waals surface area contributed by atoms with Crippen molar-refractivity contribution < 1.29 is 9.52 Å². The summed E-state index contributed by atoms with van der Waals surface area (Å²) in [5.74, 6) is 1.85. The maximum atomic E-state index is 9.26. The van der Waals surface area contributed by atoms with E-state index in [9.17, 15) is 5.11 Å². The topological polar surface area (TPSA) is 46.3 Å². The number of pyridine rings is 1. The van der Waals surface area contributed by atoms with Gasteiger partial charge >= 0.3 is 0 Å². The number of nitrogens with zero attached hydrogens (tertiary/aromatic N) is 1. The average molecular weight is 243 g/mol. The second kappa shape index (κ2) is 5.65. The molecule has 0 radical (unpaired) electrons. The first kappa shape index (κ1) is 12.6. The Morgan fingerprint density at radius 1 is 1.39 bits per heavy atom. The number of aromatic nitrogens is 1. The number of hydrogen-bond donors (Lipinski definition) is 1. The molecule has 0 unspecified atom stereocenters. The summed E-state index contributed by atoms with van der Waals surface area (Å²) >= 11 is 0. The third-order valence-electron chi connectivity index (χ3n) is 2.82. The summed E-state index contributed by atoms with van der Waals surface area (Å²) in [5, 5.41) is 9.26. The Morgan fingerprint density at radius 2 is 2.22 bits per heavy atom. The van der Waals surface area contributed by atoms with Crippen LogP contribution in [0.25, 0.3) is 17.4 Å². The minimum absolute atomic E-state index is 0.0561. The zero-order valence-electron chi connectivity index (χ0n) is 10.6. The van der Waals surface area contributed by atoms with Gasteiger partial charge in [-0.3, -0.25) is 4.98 Å². The van der Waals surface area contributed by atoms with E-state index >= 15 is 0 Å². The summed E-state index contributed by atoms with van der Waals surface area (Å²) in [7, 11) is 0. The van der Waals surface area contributed by atoms with Crippen LogP contribution in [-0.2, 0) is 0 Å². The second-order valence-corrected chi connectivity index (χ2v) is 4.48. The quantitative estimate of drug-likeness (QED) is 0.895. The van der Waals surface area contributed by atoms with E-state index in [-0.39, 0.29) is 6.61 Å². The van der Waals surface area contributed by atoms with Crippen LogP contribution in [0.3, 0.4) is 0 Å². The highest BCUT2D eigenvalue weighted by Crippen LogP contribution is 2.23. The Bertz CT molecular complexity index is 526. The van der Waals surface area contributed by atoms with Gasteiger partial charge in [0.15, 0.2) is 0 Å². The summed E-state index contributed by atoms with van der Waals surface area (Å²) in [6, 6.07) is 7.65. The van der Waals surface area contributed by atoms with E-state index in [2.05, 4.69) is 4.98 Å². The van der Waals surface area contributed by atoms with Gasteiger partial charge in [0.25, 0.3) is 0 Å². The van der Waals surface area contributed by atoms with Crippen molar-refractivity contribution in [3.8, 4) is 11.3 Å².